The zero-order chi connectivity index (χ0) is 16.2. The molecule has 134 valence electrons. The molecule has 2 aliphatic rings. The summed E-state index contributed by atoms with van der Waals surface area (Å²) in [6, 6.07) is 8.44. The van der Waals surface area contributed by atoms with Crippen LogP contribution in [0.4, 0.5) is 0 Å². The van der Waals surface area contributed by atoms with Crippen LogP contribution in [0.25, 0.3) is 0 Å². The van der Waals surface area contributed by atoms with Crippen LogP contribution >= 0.6 is 35.9 Å². The summed E-state index contributed by atoms with van der Waals surface area (Å²) in [5.74, 6) is 3.07. The van der Waals surface area contributed by atoms with Gasteiger partial charge in [-0.15, -0.1) is 35.9 Å². The van der Waals surface area contributed by atoms with Crippen molar-refractivity contribution in [3.8, 4) is 0 Å². The molecule has 1 aromatic carbocycles. The maximum atomic E-state index is 12.7. The molecular formula is C18H27ClN2OS2. The van der Waals surface area contributed by atoms with Crippen LogP contribution < -0.4 is 5.73 Å². The van der Waals surface area contributed by atoms with Gasteiger partial charge in [0, 0.05) is 24.7 Å². The number of benzene rings is 1. The summed E-state index contributed by atoms with van der Waals surface area (Å²) < 4.78 is 0.533. The Kier molecular flexibility index (Phi) is 7.79. The lowest BCUT2D eigenvalue weighted by Crippen LogP contribution is -2.45. The highest BCUT2D eigenvalue weighted by atomic mass is 35.5. The van der Waals surface area contributed by atoms with Gasteiger partial charge in [-0.05, 0) is 61.3 Å². The number of hydrogen-bond donors (Lipinski definition) is 1. The smallest absolute Gasteiger partial charge is 0.253 e. The van der Waals surface area contributed by atoms with Gasteiger partial charge in [-0.1, -0.05) is 12.1 Å². The largest absolute Gasteiger partial charge is 0.338 e. The molecule has 0 radical (unpaired) electrons. The van der Waals surface area contributed by atoms with Gasteiger partial charge in [0.25, 0.3) is 5.91 Å². The second-order valence-corrected chi connectivity index (χ2v) is 9.29. The SMILES string of the molecule is CC(N)C1CCCN(C(=O)c2ccc(C3SCCCS3)cc2)C1.Cl. The van der Waals surface area contributed by atoms with Crippen LogP contribution in [0.1, 0.15) is 46.7 Å². The van der Waals surface area contributed by atoms with Crippen LogP contribution in [0.3, 0.4) is 0 Å². The first-order chi connectivity index (χ1) is 11.1. The van der Waals surface area contributed by atoms with Gasteiger partial charge in [-0.25, -0.2) is 0 Å². The van der Waals surface area contributed by atoms with Crippen molar-refractivity contribution in [3.63, 3.8) is 0 Å². The minimum atomic E-state index is 0. The molecule has 2 saturated heterocycles. The summed E-state index contributed by atoms with van der Waals surface area (Å²) in [6.45, 7) is 3.71. The molecule has 1 aromatic rings. The molecule has 24 heavy (non-hydrogen) atoms. The molecule has 1 amide bonds. The monoisotopic (exact) mass is 386 g/mol. The molecule has 2 fully saturated rings. The third-order valence-corrected chi connectivity index (χ3v) is 7.76. The molecule has 0 spiro atoms. The van der Waals surface area contributed by atoms with Gasteiger partial charge < -0.3 is 10.6 Å². The molecule has 2 heterocycles. The van der Waals surface area contributed by atoms with E-state index in [-0.39, 0.29) is 24.4 Å². The van der Waals surface area contributed by atoms with E-state index in [1.807, 2.05) is 47.5 Å². The Labute approximate surface area is 159 Å². The predicted octanol–water partition coefficient (Wildman–Crippen LogP) is 4.18. The highest BCUT2D eigenvalue weighted by molar-refractivity contribution is 8.16. The van der Waals surface area contributed by atoms with Gasteiger partial charge in [-0.2, -0.15) is 0 Å². The number of thioether (sulfide) groups is 2. The highest BCUT2D eigenvalue weighted by Crippen LogP contribution is 2.43. The number of rotatable bonds is 3. The molecule has 2 unspecified atom stereocenters. The Morgan fingerprint density at radius 1 is 1.21 bits per heavy atom. The lowest BCUT2D eigenvalue weighted by atomic mass is 9.92. The van der Waals surface area contributed by atoms with Crippen LogP contribution in [-0.4, -0.2) is 41.4 Å². The number of piperidine rings is 1. The van der Waals surface area contributed by atoms with E-state index in [1.165, 1.54) is 23.5 Å². The Balaban J connectivity index is 0.00000208. The Morgan fingerprint density at radius 2 is 1.88 bits per heavy atom. The fraction of sp³-hybridized carbons (Fsp3) is 0.611. The Morgan fingerprint density at radius 3 is 2.50 bits per heavy atom. The van der Waals surface area contributed by atoms with E-state index in [1.54, 1.807) is 0 Å². The van der Waals surface area contributed by atoms with E-state index < -0.39 is 0 Å². The number of carbonyl (C=O) groups excluding carboxylic acids is 1. The van der Waals surface area contributed by atoms with Gasteiger partial charge in [0.1, 0.15) is 0 Å². The summed E-state index contributed by atoms with van der Waals surface area (Å²) in [5, 5.41) is 0. The van der Waals surface area contributed by atoms with E-state index in [9.17, 15) is 4.79 Å². The van der Waals surface area contributed by atoms with Gasteiger partial charge in [0.05, 0.1) is 4.58 Å². The van der Waals surface area contributed by atoms with Crippen molar-refractivity contribution in [1.82, 2.24) is 4.90 Å². The van der Waals surface area contributed by atoms with Crippen LogP contribution in [0, 0.1) is 5.92 Å². The molecule has 0 saturated carbocycles. The number of likely N-dealkylation sites (tertiary alicyclic amines) is 1. The topological polar surface area (TPSA) is 46.3 Å². The van der Waals surface area contributed by atoms with E-state index in [2.05, 4.69) is 12.1 Å². The van der Waals surface area contributed by atoms with Crippen molar-refractivity contribution in [3.05, 3.63) is 35.4 Å². The standard InChI is InChI=1S/C18H26N2OS2.ClH/c1-13(19)16-4-2-9-20(12-16)17(21)14-5-7-15(8-6-14)18-22-10-3-11-23-18;/h5-8,13,16,18H,2-4,9-12,19H2,1H3;1H. The molecule has 0 bridgehead atoms. The van der Waals surface area contributed by atoms with E-state index in [4.69, 9.17) is 5.73 Å². The number of amides is 1. The second-order valence-electron chi connectivity index (χ2n) is 6.56. The first kappa shape index (κ1) is 20.0. The number of nitrogens with two attached hydrogens (primary N) is 1. The van der Waals surface area contributed by atoms with Gasteiger partial charge >= 0.3 is 0 Å². The summed E-state index contributed by atoms with van der Waals surface area (Å²) >= 11 is 4.03. The first-order valence-corrected chi connectivity index (χ1v) is 10.6. The van der Waals surface area contributed by atoms with E-state index in [0.717, 1.165) is 31.5 Å². The Bertz CT molecular complexity index is 532. The maximum absolute atomic E-state index is 12.7. The molecule has 2 atom stereocenters. The predicted molar refractivity (Wildman–Crippen MR) is 108 cm³/mol. The highest BCUT2D eigenvalue weighted by Gasteiger charge is 2.26. The minimum Gasteiger partial charge on any atom is -0.338 e. The van der Waals surface area contributed by atoms with Crippen LogP contribution in [0.5, 0.6) is 0 Å². The fourth-order valence-electron chi connectivity index (χ4n) is 3.27. The first-order valence-electron chi connectivity index (χ1n) is 8.53. The molecule has 3 nitrogen and oxygen atoms in total. The quantitative estimate of drug-likeness (QED) is 0.846. The van der Waals surface area contributed by atoms with Crippen LogP contribution in [0.2, 0.25) is 0 Å². The average molecular weight is 387 g/mol. The maximum Gasteiger partial charge on any atom is 0.253 e. The summed E-state index contributed by atoms with van der Waals surface area (Å²) in [7, 11) is 0. The molecule has 3 rings (SSSR count). The van der Waals surface area contributed by atoms with Crippen molar-refractivity contribution in [2.75, 3.05) is 24.6 Å². The molecule has 6 heteroatoms. The molecule has 0 aliphatic carbocycles. The second kappa shape index (κ2) is 9.37. The van der Waals surface area contributed by atoms with Crippen molar-refractivity contribution in [2.45, 2.75) is 36.8 Å². The average Bonchev–Trinajstić information content (AvgIpc) is 2.62. The lowest BCUT2D eigenvalue weighted by Gasteiger charge is -2.34. The van der Waals surface area contributed by atoms with E-state index in [0.29, 0.717) is 10.5 Å². The van der Waals surface area contributed by atoms with Crippen molar-refractivity contribution in [1.29, 1.82) is 0 Å². The molecular weight excluding hydrogens is 360 g/mol. The molecule has 0 aromatic heterocycles. The third kappa shape index (κ3) is 4.84. The molecule has 2 aliphatic heterocycles. The summed E-state index contributed by atoms with van der Waals surface area (Å²) in [4.78, 5) is 14.7. The zero-order valence-corrected chi connectivity index (χ0v) is 16.6. The van der Waals surface area contributed by atoms with Crippen LogP contribution in [0.15, 0.2) is 24.3 Å². The van der Waals surface area contributed by atoms with Crippen molar-refractivity contribution >= 4 is 41.8 Å². The van der Waals surface area contributed by atoms with Crippen LogP contribution in [-0.2, 0) is 0 Å². The van der Waals surface area contributed by atoms with Gasteiger partial charge in [0.15, 0.2) is 0 Å². The Hall–Kier alpha value is -0.360. The summed E-state index contributed by atoms with van der Waals surface area (Å²) in [6.07, 6.45) is 3.50. The fourth-order valence-corrected chi connectivity index (χ4v) is 6.16. The lowest BCUT2D eigenvalue weighted by molar-refractivity contribution is 0.0661. The molecule has 2 N–H and O–H groups in total. The number of carbonyl (C=O) groups is 1. The third-order valence-electron chi connectivity index (χ3n) is 4.75. The summed E-state index contributed by atoms with van der Waals surface area (Å²) in [5.41, 5.74) is 8.17. The number of hydrogen-bond acceptors (Lipinski definition) is 4. The zero-order valence-electron chi connectivity index (χ0n) is 14.1. The minimum absolute atomic E-state index is 0. The van der Waals surface area contributed by atoms with Gasteiger partial charge in [-0.3, -0.25) is 4.79 Å². The van der Waals surface area contributed by atoms with Crippen molar-refractivity contribution in [2.24, 2.45) is 11.7 Å². The number of nitrogens with zero attached hydrogens (tertiary/aromatic N) is 1. The van der Waals surface area contributed by atoms with Crippen molar-refractivity contribution < 1.29 is 4.79 Å². The van der Waals surface area contributed by atoms with E-state index >= 15 is 0 Å². The van der Waals surface area contributed by atoms with Gasteiger partial charge in [0.2, 0.25) is 0 Å². The normalized spacial score (nSPS) is 23.4. The number of halogens is 1.